The zero-order valence-electron chi connectivity index (χ0n) is 16.9. The fourth-order valence-corrected chi connectivity index (χ4v) is 3.36. The number of rotatable bonds is 5. The molecule has 0 fully saturated rings. The van der Waals surface area contributed by atoms with Gasteiger partial charge in [-0.3, -0.25) is 4.79 Å². The molecule has 0 spiro atoms. The molecule has 0 radical (unpaired) electrons. The maximum Gasteiger partial charge on any atom is 0.257 e. The molecule has 0 aliphatic rings. The van der Waals surface area contributed by atoms with Crippen LogP contribution in [0.25, 0.3) is 11.5 Å². The van der Waals surface area contributed by atoms with Crippen LogP contribution in [-0.4, -0.2) is 15.5 Å². The van der Waals surface area contributed by atoms with Crippen molar-refractivity contribution in [3.63, 3.8) is 0 Å². The quantitative estimate of drug-likeness (QED) is 0.505. The number of nitrogens with one attached hydrogen (secondary N) is 1. The molecule has 1 aromatic carbocycles. The van der Waals surface area contributed by atoms with E-state index in [4.69, 9.17) is 8.83 Å². The number of carbonyl (C=O) groups excluding carboxylic acids is 1. The van der Waals surface area contributed by atoms with Gasteiger partial charge in [0.2, 0.25) is 5.89 Å². The van der Waals surface area contributed by atoms with E-state index in [0.717, 1.165) is 34.2 Å². The molecule has 1 N–H and O–H groups in total. The molecule has 0 saturated heterocycles. The van der Waals surface area contributed by atoms with E-state index >= 15 is 0 Å². The number of amides is 1. The van der Waals surface area contributed by atoms with E-state index < -0.39 is 0 Å². The number of carbonyl (C=O) groups is 1. The van der Waals surface area contributed by atoms with Crippen molar-refractivity contribution in [2.45, 2.75) is 34.2 Å². The van der Waals surface area contributed by atoms with Crippen LogP contribution >= 0.6 is 0 Å². The summed E-state index contributed by atoms with van der Waals surface area (Å²) < 4.78 is 13.2. The first-order chi connectivity index (χ1) is 13.9. The lowest BCUT2D eigenvalue weighted by molar-refractivity contribution is 0.102. The topological polar surface area (TPSA) is 73.2 Å². The minimum absolute atomic E-state index is 0.152. The van der Waals surface area contributed by atoms with Gasteiger partial charge in [0.05, 0.1) is 24.1 Å². The normalized spacial score (nSPS) is 11.0. The SMILES string of the molecule is Cc1nc(-c2cccc(NC(=O)c3cc(C)n(Cc4ccco4)c3C)c2)oc1C. The van der Waals surface area contributed by atoms with Gasteiger partial charge in [-0.1, -0.05) is 6.07 Å². The highest BCUT2D eigenvalue weighted by Crippen LogP contribution is 2.25. The van der Waals surface area contributed by atoms with Crippen LogP contribution in [0.4, 0.5) is 5.69 Å². The van der Waals surface area contributed by atoms with E-state index in [0.29, 0.717) is 23.7 Å². The van der Waals surface area contributed by atoms with Crippen molar-refractivity contribution in [2.75, 3.05) is 5.32 Å². The molecule has 3 aromatic heterocycles. The van der Waals surface area contributed by atoms with E-state index in [2.05, 4.69) is 14.9 Å². The highest BCUT2D eigenvalue weighted by Gasteiger charge is 2.17. The van der Waals surface area contributed by atoms with Gasteiger partial charge in [0, 0.05) is 22.6 Å². The molecule has 4 aromatic rings. The Labute approximate surface area is 169 Å². The second kappa shape index (κ2) is 7.47. The summed E-state index contributed by atoms with van der Waals surface area (Å²) in [7, 11) is 0. The Morgan fingerprint density at radius 2 is 1.93 bits per heavy atom. The van der Waals surface area contributed by atoms with E-state index in [9.17, 15) is 4.79 Å². The van der Waals surface area contributed by atoms with E-state index in [1.807, 2.05) is 70.2 Å². The number of hydrogen-bond donors (Lipinski definition) is 1. The molecule has 0 unspecified atom stereocenters. The van der Waals surface area contributed by atoms with Crippen LogP contribution in [0, 0.1) is 27.7 Å². The highest BCUT2D eigenvalue weighted by atomic mass is 16.4. The molecule has 0 bridgehead atoms. The van der Waals surface area contributed by atoms with Crippen LogP contribution in [0.5, 0.6) is 0 Å². The zero-order chi connectivity index (χ0) is 20.5. The van der Waals surface area contributed by atoms with E-state index in [1.54, 1.807) is 6.26 Å². The smallest absolute Gasteiger partial charge is 0.257 e. The lowest BCUT2D eigenvalue weighted by Crippen LogP contribution is -2.13. The van der Waals surface area contributed by atoms with Crippen molar-refractivity contribution in [1.82, 2.24) is 9.55 Å². The second-order valence-corrected chi connectivity index (χ2v) is 7.15. The maximum atomic E-state index is 12.9. The maximum absolute atomic E-state index is 12.9. The molecular formula is C23H23N3O3. The van der Waals surface area contributed by atoms with Crippen molar-refractivity contribution < 1.29 is 13.6 Å². The van der Waals surface area contributed by atoms with Crippen LogP contribution in [0.1, 0.15) is 39.0 Å². The Morgan fingerprint density at radius 1 is 1.10 bits per heavy atom. The average molecular weight is 389 g/mol. The summed E-state index contributed by atoms with van der Waals surface area (Å²) in [6, 6.07) is 13.2. The third-order valence-corrected chi connectivity index (χ3v) is 5.11. The van der Waals surface area contributed by atoms with Gasteiger partial charge < -0.3 is 18.7 Å². The van der Waals surface area contributed by atoms with Gasteiger partial charge in [-0.15, -0.1) is 0 Å². The number of aryl methyl sites for hydroxylation is 3. The minimum Gasteiger partial charge on any atom is -0.467 e. The Morgan fingerprint density at radius 3 is 2.62 bits per heavy atom. The third-order valence-electron chi connectivity index (χ3n) is 5.11. The first kappa shape index (κ1) is 18.8. The number of aromatic nitrogens is 2. The summed E-state index contributed by atoms with van der Waals surface area (Å²) in [6.45, 7) is 8.32. The first-order valence-corrected chi connectivity index (χ1v) is 9.47. The largest absolute Gasteiger partial charge is 0.467 e. The number of furan rings is 1. The van der Waals surface area contributed by atoms with Crippen LogP contribution in [0.15, 0.2) is 57.6 Å². The Hall–Kier alpha value is -3.54. The Bertz CT molecular complexity index is 1150. The number of anilines is 1. The molecule has 1 amide bonds. The number of benzene rings is 1. The summed E-state index contributed by atoms with van der Waals surface area (Å²) in [5, 5.41) is 2.98. The average Bonchev–Trinajstić information content (AvgIpc) is 3.39. The zero-order valence-corrected chi connectivity index (χ0v) is 16.9. The number of oxazole rings is 1. The lowest BCUT2D eigenvalue weighted by atomic mass is 10.2. The van der Waals surface area contributed by atoms with Gasteiger partial charge in [0.25, 0.3) is 5.91 Å². The first-order valence-electron chi connectivity index (χ1n) is 9.47. The summed E-state index contributed by atoms with van der Waals surface area (Å²) in [5.74, 6) is 2.04. The van der Waals surface area contributed by atoms with Gasteiger partial charge >= 0.3 is 0 Å². The van der Waals surface area contributed by atoms with Crippen molar-refractivity contribution in [3.8, 4) is 11.5 Å². The van der Waals surface area contributed by atoms with Crippen molar-refractivity contribution in [1.29, 1.82) is 0 Å². The van der Waals surface area contributed by atoms with Crippen molar-refractivity contribution >= 4 is 11.6 Å². The molecule has 0 saturated carbocycles. The van der Waals surface area contributed by atoms with Crippen LogP contribution in [0.3, 0.4) is 0 Å². The molecule has 6 nitrogen and oxygen atoms in total. The lowest BCUT2D eigenvalue weighted by Gasteiger charge is -2.09. The van der Waals surface area contributed by atoms with Crippen molar-refractivity contribution in [3.05, 3.63) is 82.9 Å². The third kappa shape index (κ3) is 3.74. The second-order valence-electron chi connectivity index (χ2n) is 7.15. The highest BCUT2D eigenvalue weighted by molar-refractivity contribution is 6.05. The summed E-state index contributed by atoms with van der Waals surface area (Å²) in [6.07, 6.45) is 1.65. The van der Waals surface area contributed by atoms with Gasteiger partial charge in [-0.25, -0.2) is 4.98 Å². The van der Waals surface area contributed by atoms with Crippen molar-refractivity contribution in [2.24, 2.45) is 0 Å². The molecule has 148 valence electrons. The minimum atomic E-state index is -0.152. The molecule has 0 atom stereocenters. The molecule has 4 rings (SSSR count). The standard InChI is InChI=1S/C23H23N3O3/c1-14-11-21(16(3)26(14)13-20-9-6-10-28-20)22(27)25-19-8-5-7-18(12-19)23-24-15(2)17(4)29-23/h5-12H,13H2,1-4H3,(H,25,27). The summed E-state index contributed by atoms with van der Waals surface area (Å²) >= 11 is 0. The van der Waals surface area contributed by atoms with Gasteiger partial charge in [-0.05, 0) is 64.1 Å². The summed E-state index contributed by atoms with van der Waals surface area (Å²) in [5.41, 5.74) is 4.91. The van der Waals surface area contributed by atoms with Gasteiger partial charge in [0.1, 0.15) is 11.5 Å². The summed E-state index contributed by atoms with van der Waals surface area (Å²) in [4.78, 5) is 17.4. The number of hydrogen-bond acceptors (Lipinski definition) is 4. The molecule has 0 aliphatic heterocycles. The fourth-order valence-electron chi connectivity index (χ4n) is 3.36. The Balaban J connectivity index is 1.56. The molecule has 3 heterocycles. The predicted molar refractivity (Wildman–Crippen MR) is 111 cm³/mol. The van der Waals surface area contributed by atoms with E-state index in [1.165, 1.54) is 0 Å². The van der Waals surface area contributed by atoms with Gasteiger partial charge in [0.15, 0.2) is 0 Å². The molecule has 0 aliphatic carbocycles. The monoisotopic (exact) mass is 389 g/mol. The van der Waals surface area contributed by atoms with Crippen LogP contribution in [0.2, 0.25) is 0 Å². The molecule has 29 heavy (non-hydrogen) atoms. The molecular weight excluding hydrogens is 366 g/mol. The fraction of sp³-hybridized carbons (Fsp3) is 0.217. The van der Waals surface area contributed by atoms with Crippen LogP contribution < -0.4 is 5.32 Å². The van der Waals surface area contributed by atoms with Crippen LogP contribution in [-0.2, 0) is 6.54 Å². The molecule has 6 heteroatoms. The predicted octanol–water partition coefficient (Wildman–Crippen LogP) is 5.27. The Kier molecular flexibility index (Phi) is 4.84. The van der Waals surface area contributed by atoms with E-state index in [-0.39, 0.29) is 5.91 Å². The van der Waals surface area contributed by atoms with Gasteiger partial charge in [-0.2, -0.15) is 0 Å². The number of nitrogens with zero attached hydrogens (tertiary/aromatic N) is 2.